The lowest BCUT2D eigenvalue weighted by atomic mass is 10.2. The molecule has 0 unspecified atom stereocenters. The molecular weight excluding hydrogens is 307 g/mol. The van der Waals surface area contributed by atoms with E-state index in [0.29, 0.717) is 11.3 Å². The third-order valence-electron chi connectivity index (χ3n) is 2.88. The van der Waals surface area contributed by atoms with Crippen LogP contribution in [0.2, 0.25) is 0 Å². The van der Waals surface area contributed by atoms with E-state index in [9.17, 15) is 21.6 Å². The summed E-state index contributed by atoms with van der Waals surface area (Å²) in [6.45, 7) is 1.74. The maximum Gasteiger partial charge on any atom is 0.416 e. The lowest BCUT2D eigenvalue weighted by Crippen LogP contribution is -2.23. The van der Waals surface area contributed by atoms with Crippen LogP contribution in [0, 0.1) is 6.92 Å². The smallest absolute Gasteiger partial charge is 0.283 e. The van der Waals surface area contributed by atoms with Gasteiger partial charge in [-0.25, -0.2) is 13.1 Å². The van der Waals surface area contributed by atoms with E-state index in [-0.39, 0.29) is 11.4 Å². The summed E-state index contributed by atoms with van der Waals surface area (Å²) in [5.74, 6) is 0. The van der Waals surface area contributed by atoms with E-state index in [1.165, 1.54) is 6.20 Å². The van der Waals surface area contributed by atoms with Gasteiger partial charge in [0.25, 0.3) is 0 Å². The van der Waals surface area contributed by atoms with Crippen molar-refractivity contribution in [3.8, 4) is 0 Å². The highest BCUT2D eigenvalue weighted by molar-refractivity contribution is 7.89. The minimum absolute atomic E-state index is 0.00564. The van der Waals surface area contributed by atoms with Crippen LogP contribution in [-0.2, 0) is 22.7 Å². The maximum absolute atomic E-state index is 12.4. The van der Waals surface area contributed by atoms with E-state index in [0.717, 1.165) is 24.3 Å². The maximum atomic E-state index is 12.4. The number of aromatic amines is 1. The Kier molecular flexibility index (Phi) is 4.06. The number of aryl methyl sites for hydroxylation is 1. The van der Waals surface area contributed by atoms with Crippen LogP contribution in [-0.4, -0.2) is 18.6 Å². The fourth-order valence-corrected chi connectivity index (χ4v) is 2.64. The van der Waals surface area contributed by atoms with Crippen LogP contribution in [0.1, 0.15) is 16.8 Å². The van der Waals surface area contributed by atoms with Crippen molar-refractivity contribution < 1.29 is 21.6 Å². The van der Waals surface area contributed by atoms with Gasteiger partial charge in [-0.2, -0.15) is 18.3 Å². The minimum Gasteiger partial charge on any atom is -0.283 e. The number of halogens is 3. The summed E-state index contributed by atoms with van der Waals surface area (Å²) in [5, 5.41) is 6.41. The first-order chi connectivity index (χ1) is 9.70. The fraction of sp³-hybridized carbons (Fsp3) is 0.250. The number of H-pyrrole nitrogens is 1. The van der Waals surface area contributed by atoms with E-state index < -0.39 is 21.8 Å². The van der Waals surface area contributed by atoms with E-state index >= 15 is 0 Å². The standard InChI is InChI=1S/C12H12F3N3O2S/c1-8-9(6-16-18-8)7-17-21(19,20)11-4-2-10(3-5-11)12(13,14)15/h2-6,17H,7H2,1H3,(H,16,18). The summed E-state index contributed by atoms with van der Waals surface area (Å²) in [5.41, 5.74) is 0.475. The predicted octanol–water partition coefficient (Wildman–Crippen LogP) is 2.22. The quantitative estimate of drug-likeness (QED) is 0.907. The molecule has 2 rings (SSSR count). The third kappa shape index (κ3) is 3.61. The summed E-state index contributed by atoms with van der Waals surface area (Å²) in [7, 11) is -3.87. The Morgan fingerprint density at radius 3 is 2.33 bits per heavy atom. The Morgan fingerprint density at radius 1 is 1.24 bits per heavy atom. The Bertz CT molecular complexity index is 721. The number of nitrogens with zero attached hydrogens (tertiary/aromatic N) is 1. The van der Waals surface area contributed by atoms with Gasteiger partial charge in [-0.1, -0.05) is 0 Å². The van der Waals surface area contributed by atoms with Gasteiger partial charge in [0, 0.05) is 17.8 Å². The van der Waals surface area contributed by atoms with Crippen molar-refractivity contribution in [3.05, 3.63) is 47.3 Å². The molecule has 21 heavy (non-hydrogen) atoms. The zero-order chi connectivity index (χ0) is 15.7. The number of sulfonamides is 1. The SMILES string of the molecule is Cc1[nH]ncc1CNS(=O)(=O)c1ccc(C(F)(F)F)cc1. The normalized spacial score (nSPS) is 12.6. The minimum atomic E-state index is -4.50. The van der Waals surface area contributed by atoms with Crippen molar-refractivity contribution in [2.75, 3.05) is 0 Å². The molecule has 0 radical (unpaired) electrons. The Morgan fingerprint density at radius 2 is 1.86 bits per heavy atom. The van der Waals surface area contributed by atoms with E-state index in [1.54, 1.807) is 6.92 Å². The zero-order valence-electron chi connectivity index (χ0n) is 10.9. The van der Waals surface area contributed by atoms with E-state index in [2.05, 4.69) is 14.9 Å². The molecule has 0 spiro atoms. The van der Waals surface area contributed by atoms with Crippen molar-refractivity contribution in [1.82, 2.24) is 14.9 Å². The lowest BCUT2D eigenvalue weighted by molar-refractivity contribution is -0.137. The van der Waals surface area contributed by atoms with Crippen molar-refractivity contribution in [2.45, 2.75) is 24.5 Å². The second kappa shape index (κ2) is 5.49. The zero-order valence-corrected chi connectivity index (χ0v) is 11.7. The van der Waals surface area contributed by atoms with Gasteiger partial charge in [0.1, 0.15) is 0 Å². The first-order valence-corrected chi connectivity index (χ1v) is 7.34. The monoisotopic (exact) mass is 319 g/mol. The van der Waals surface area contributed by atoms with Crippen LogP contribution in [0.15, 0.2) is 35.4 Å². The van der Waals surface area contributed by atoms with E-state index in [4.69, 9.17) is 0 Å². The Labute approximate surface area is 119 Å². The van der Waals surface area contributed by atoms with Gasteiger partial charge in [0.05, 0.1) is 16.7 Å². The van der Waals surface area contributed by atoms with Crippen molar-refractivity contribution in [3.63, 3.8) is 0 Å². The molecule has 1 heterocycles. The van der Waals surface area contributed by atoms with Gasteiger partial charge in [-0.05, 0) is 31.2 Å². The summed E-state index contributed by atoms with van der Waals surface area (Å²) in [4.78, 5) is -0.225. The summed E-state index contributed by atoms with van der Waals surface area (Å²) < 4.78 is 63.5. The number of hydrogen-bond acceptors (Lipinski definition) is 3. The highest BCUT2D eigenvalue weighted by Crippen LogP contribution is 2.29. The third-order valence-corrected chi connectivity index (χ3v) is 4.30. The summed E-state index contributed by atoms with van der Waals surface area (Å²) >= 11 is 0. The molecule has 0 atom stereocenters. The largest absolute Gasteiger partial charge is 0.416 e. The molecule has 2 aromatic rings. The Balaban J connectivity index is 2.14. The van der Waals surface area contributed by atoms with Gasteiger partial charge >= 0.3 is 6.18 Å². The molecule has 0 saturated heterocycles. The molecule has 0 saturated carbocycles. The molecule has 2 N–H and O–H groups in total. The van der Waals surface area contributed by atoms with Gasteiger partial charge < -0.3 is 0 Å². The number of hydrogen-bond donors (Lipinski definition) is 2. The van der Waals surface area contributed by atoms with Crippen molar-refractivity contribution >= 4 is 10.0 Å². The van der Waals surface area contributed by atoms with Gasteiger partial charge in [0.15, 0.2) is 0 Å². The molecule has 0 fully saturated rings. The molecule has 0 aliphatic heterocycles. The molecule has 1 aromatic carbocycles. The molecule has 0 amide bonds. The average molecular weight is 319 g/mol. The Hall–Kier alpha value is -1.87. The topological polar surface area (TPSA) is 74.8 Å². The second-order valence-electron chi connectivity index (χ2n) is 4.37. The van der Waals surface area contributed by atoms with Crippen LogP contribution >= 0.6 is 0 Å². The summed E-state index contributed by atoms with van der Waals surface area (Å²) in [6.07, 6.45) is -3.02. The van der Waals surface area contributed by atoms with Gasteiger partial charge in [0.2, 0.25) is 10.0 Å². The van der Waals surface area contributed by atoms with Crippen LogP contribution in [0.4, 0.5) is 13.2 Å². The molecule has 114 valence electrons. The highest BCUT2D eigenvalue weighted by atomic mass is 32.2. The average Bonchev–Trinajstić information content (AvgIpc) is 2.81. The molecule has 0 aliphatic rings. The second-order valence-corrected chi connectivity index (χ2v) is 6.13. The fourth-order valence-electron chi connectivity index (χ4n) is 1.63. The molecule has 5 nitrogen and oxygen atoms in total. The van der Waals surface area contributed by atoms with Crippen molar-refractivity contribution in [2.24, 2.45) is 0 Å². The number of alkyl halides is 3. The van der Waals surface area contributed by atoms with Gasteiger partial charge in [-0.15, -0.1) is 0 Å². The van der Waals surface area contributed by atoms with Crippen LogP contribution in [0.25, 0.3) is 0 Å². The predicted molar refractivity (Wildman–Crippen MR) is 68.8 cm³/mol. The summed E-state index contributed by atoms with van der Waals surface area (Å²) in [6, 6.07) is 3.32. The van der Waals surface area contributed by atoms with Crippen LogP contribution in [0.3, 0.4) is 0 Å². The van der Waals surface area contributed by atoms with Gasteiger partial charge in [-0.3, -0.25) is 5.10 Å². The molecule has 9 heteroatoms. The lowest BCUT2D eigenvalue weighted by Gasteiger charge is -2.09. The van der Waals surface area contributed by atoms with E-state index in [1.807, 2.05) is 0 Å². The number of rotatable bonds is 4. The number of aromatic nitrogens is 2. The molecule has 1 aromatic heterocycles. The first kappa shape index (κ1) is 15.5. The first-order valence-electron chi connectivity index (χ1n) is 5.86. The molecule has 0 aliphatic carbocycles. The number of benzene rings is 1. The highest BCUT2D eigenvalue weighted by Gasteiger charge is 2.30. The van der Waals surface area contributed by atoms with Crippen LogP contribution in [0.5, 0.6) is 0 Å². The number of nitrogens with one attached hydrogen (secondary N) is 2. The molecule has 0 bridgehead atoms. The molecular formula is C12H12F3N3O2S. The van der Waals surface area contributed by atoms with Crippen LogP contribution < -0.4 is 4.72 Å². The van der Waals surface area contributed by atoms with Crippen molar-refractivity contribution in [1.29, 1.82) is 0 Å².